The summed E-state index contributed by atoms with van der Waals surface area (Å²) in [6, 6.07) is 3.57. The monoisotopic (exact) mass is 351 g/mol. The molecule has 0 aliphatic rings. The summed E-state index contributed by atoms with van der Waals surface area (Å²) in [4.78, 5) is 40.0. The topological polar surface area (TPSA) is 109 Å². The number of rotatable bonds is 7. The van der Waals surface area contributed by atoms with E-state index >= 15 is 0 Å². The van der Waals surface area contributed by atoms with E-state index in [2.05, 4.69) is 10.3 Å². The predicted octanol–water partition coefficient (Wildman–Crippen LogP) is 2.11. The zero-order chi connectivity index (χ0) is 19.0. The lowest BCUT2D eigenvalue weighted by Gasteiger charge is -2.27. The Hall–Kier alpha value is -2.64. The van der Waals surface area contributed by atoms with Gasteiger partial charge in [-0.1, -0.05) is 0 Å². The fourth-order valence-electron chi connectivity index (χ4n) is 1.94. The Bertz CT molecular complexity index is 625. The van der Waals surface area contributed by atoms with Crippen LogP contribution < -0.4 is 10.2 Å². The van der Waals surface area contributed by atoms with E-state index in [1.165, 1.54) is 4.90 Å². The number of aliphatic carboxylic acids is 1. The van der Waals surface area contributed by atoms with E-state index in [1.807, 2.05) is 13.0 Å². The van der Waals surface area contributed by atoms with E-state index in [1.54, 1.807) is 33.0 Å². The van der Waals surface area contributed by atoms with Crippen LogP contribution in [-0.4, -0.2) is 46.8 Å². The molecule has 0 radical (unpaired) electrons. The molecule has 8 nitrogen and oxygen atoms in total. The quantitative estimate of drug-likeness (QED) is 0.779. The Morgan fingerprint density at radius 3 is 2.56 bits per heavy atom. The highest BCUT2D eigenvalue weighted by atomic mass is 16.6. The normalized spacial score (nSPS) is 10.9. The molecule has 1 aromatic rings. The first-order chi connectivity index (χ1) is 11.6. The largest absolute Gasteiger partial charge is 0.480 e. The van der Waals surface area contributed by atoms with Crippen molar-refractivity contribution in [2.75, 3.05) is 18.0 Å². The predicted molar refractivity (Wildman–Crippen MR) is 92.4 cm³/mol. The van der Waals surface area contributed by atoms with Gasteiger partial charge < -0.3 is 15.2 Å². The highest BCUT2D eigenvalue weighted by molar-refractivity contribution is 5.87. The molecule has 0 saturated carbocycles. The number of carboxylic acids is 1. The van der Waals surface area contributed by atoms with E-state index in [0.717, 1.165) is 5.56 Å². The van der Waals surface area contributed by atoms with Crippen LogP contribution in [0.3, 0.4) is 0 Å². The van der Waals surface area contributed by atoms with E-state index in [4.69, 9.17) is 9.84 Å². The summed E-state index contributed by atoms with van der Waals surface area (Å²) in [6.45, 7) is 7.00. The molecular formula is C17H25N3O5. The second-order valence-corrected chi connectivity index (χ2v) is 6.60. The zero-order valence-corrected chi connectivity index (χ0v) is 15.0. The Balaban J connectivity index is 2.73. The summed E-state index contributed by atoms with van der Waals surface area (Å²) < 4.78 is 5.40. The molecule has 8 heteroatoms. The number of pyridine rings is 1. The molecule has 0 aliphatic carbocycles. The number of ether oxygens (including phenoxy) is 1. The van der Waals surface area contributed by atoms with Gasteiger partial charge in [-0.2, -0.15) is 0 Å². The number of carboxylic acid groups (broad SMARTS) is 1. The van der Waals surface area contributed by atoms with E-state index in [-0.39, 0.29) is 18.9 Å². The number of nitrogens with one attached hydrogen (secondary N) is 1. The molecule has 1 aromatic heterocycles. The Morgan fingerprint density at radius 1 is 1.32 bits per heavy atom. The zero-order valence-electron chi connectivity index (χ0n) is 15.0. The molecule has 138 valence electrons. The standard InChI is InChI=1S/C17H25N3O5/c1-12-7-8-18-13(10-12)20(16(24)25-17(2,3)4)9-5-6-14(21)19-11-15(22)23/h7-8,10H,5-6,9,11H2,1-4H3,(H,19,21)(H,22,23). The van der Waals surface area contributed by atoms with Crippen LogP contribution in [0.1, 0.15) is 39.2 Å². The van der Waals surface area contributed by atoms with Crippen molar-refractivity contribution in [2.45, 2.75) is 46.1 Å². The molecule has 2 amide bonds. The number of carbonyl (C=O) groups is 3. The van der Waals surface area contributed by atoms with Gasteiger partial charge in [0.25, 0.3) is 0 Å². The number of anilines is 1. The van der Waals surface area contributed by atoms with E-state index < -0.39 is 24.2 Å². The molecule has 0 saturated heterocycles. The van der Waals surface area contributed by atoms with Gasteiger partial charge in [0, 0.05) is 19.2 Å². The average Bonchev–Trinajstić information content (AvgIpc) is 2.47. The minimum absolute atomic E-state index is 0.0956. The Kier molecular flexibility index (Phi) is 7.35. The molecular weight excluding hydrogens is 326 g/mol. The summed E-state index contributed by atoms with van der Waals surface area (Å²) in [7, 11) is 0. The maximum absolute atomic E-state index is 12.4. The third-order valence-corrected chi connectivity index (χ3v) is 3.01. The molecule has 1 heterocycles. The van der Waals surface area contributed by atoms with Gasteiger partial charge in [-0.3, -0.25) is 14.5 Å². The SMILES string of the molecule is Cc1ccnc(N(CCCC(=O)NCC(=O)O)C(=O)OC(C)(C)C)c1. The van der Waals surface area contributed by atoms with Crippen LogP contribution in [0.5, 0.6) is 0 Å². The van der Waals surface area contributed by atoms with E-state index in [0.29, 0.717) is 12.2 Å². The molecule has 0 aliphatic heterocycles. The van der Waals surface area contributed by atoms with Gasteiger partial charge in [-0.05, 0) is 51.8 Å². The Labute approximate surface area is 147 Å². The highest BCUT2D eigenvalue weighted by Crippen LogP contribution is 2.18. The first-order valence-corrected chi connectivity index (χ1v) is 8.00. The minimum atomic E-state index is -1.10. The molecule has 0 atom stereocenters. The van der Waals surface area contributed by atoms with Crippen LogP contribution >= 0.6 is 0 Å². The minimum Gasteiger partial charge on any atom is -0.480 e. The number of hydrogen-bond acceptors (Lipinski definition) is 5. The lowest BCUT2D eigenvalue weighted by molar-refractivity contribution is -0.137. The number of nitrogens with zero attached hydrogens (tertiary/aromatic N) is 2. The van der Waals surface area contributed by atoms with E-state index in [9.17, 15) is 14.4 Å². The number of amides is 2. The van der Waals surface area contributed by atoms with Gasteiger partial charge in [0.2, 0.25) is 5.91 Å². The first-order valence-electron chi connectivity index (χ1n) is 8.00. The highest BCUT2D eigenvalue weighted by Gasteiger charge is 2.24. The van der Waals surface area contributed by atoms with Crippen LogP contribution in [0.15, 0.2) is 18.3 Å². The third kappa shape index (κ3) is 8.14. The fourth-order valence-corrected chi connectivity index (χ4v) is 1.94. The molecule has 0 bridgehead atoms. The van der Waals surface area contributed by atoms with Crippen molar-refractivity contribution in [1.29, 1.82) is 0 Å². The summed E-state index contributed by atoms with van der Waals surface area (Å²) in [5.74, 6) is -1.04. The summed E-state index contributed by atoms with van der Waals surface area (Å²) in [6.07, 6.45) is 1.50. The molecule has 25 heavy (non-hydrogen) atoms. The second kappa shape index (κ2) is 9.00. The van der Waals surface area contributed by atoms with Crippen LogP contribution in [-0.2, 0) is 14.3 Å². The molecule has 0 spiro atoms. The van der Waals surface area contributed by atoms with Gasteiger partial charge in [0.15, 0.2) is 0 Å². The van der Waals surface area contributed by atoms with Gasteiger partial charge in [-0.15, -0.1) is 0 Å². The van der Waals surface area contributed by atoms with Crippen LogP contribution in [0.4, 0.5) is 10.6 Å². The first kappa shape index (κ1) is 20.4. The summed E-state index contributed by atoms with van der Waals surface area (Å²) in [5, 5.41) is 10.8. The number of aryl methyl sites for hydroxylation is 1. The maximum atomic E-state index is 12.4. The smallest absolute Gasteiger partial charge is 0.416 e. The molecule has 0 aromatic carbocycles. The summed E-state index contributed by atoms with van der Waals surface area (Å²) >= 11 is 0. The number of hydrogen-bond donors (Lipinski definition) is 2. The molecule has 1 rings (SSSR count). The average molecular weight is 351 g/mol. The van der Waals surface area contributed by atoms with Gasteiger partial charge in [0.05, 0.1) is 0 Å². The van der Waals surface area contributed by atoms with Crippen LogP contribution in [0, 0.1) is 6.92 Å². The fraction of sp³-hybridized carbons (Fsp3) is 0.529. The molecule has 2 N–H and O–H groups in total. The molecule has 0 fully saturated rings. The molecule has 0 unspecified atom stereocenters. The summed E-state index contributed by atoms with van der Waals surface area (Å²) in [5.41, 5.74) is 0.288. The van der Waals surface area contributed by atoms with Crippen molar-refractivity contribution in [2.24, 2.45) is 0 Å². The third-order valence-electron chi connectivity index (χ3n) is 3.01. The second-order valence-electron chi connectivity index (χ2n) is 6.60. The number of aromatic nitrogens is 1. The van der Waals surface area contributed by atoms with Crippen molar-refractivity contribution >= 4 is 23.8 Å². The lowest BCUT2D eigenvalue weighted by Crippen LogP contribution is -2.38. The lowest BCUT2D eigenvalue weighted by atomic mass is 10.2. The van der Waals surface area contributed by atoms with Crippen LogP contribution in [0.2, 0.25) is 0 Å². The van der Waals surface area contributed by atoms with Crippen LogP contribution in [0.25, 0.3) is 0 Å². The van der Waals surface area contributed by atoms with Crippen molar-refractivity contribution in [3.63, 3.8) is 0 Å². The maximum Gasteiger partial charge on any atom is 0.416 e. The Morgan fingerprint density at radius 2 is 2.00 bits per heavy atom. The van der Waals surface area contributed by atoms with Gasteiger partial charge in [0.1, 0.15) is 18.0 Å². The van der Waals surface area contributed by atoms with Gasteiger partial charge >= 0.3 is 12.1 Å². The van der Waals surface area contributed by atoms with Crippen molar-refractivity contribution in [1.82, 2.24) is 10.3 Å². The van der Waals surface area contributed by atoms with Gasteiger partial charge in [-0.25, -0.2) is 9.78 Å². The van der Waals surface area contributed by atoms with Crippen molar-refractivity contribution in [3.05, 3.63) is 23.9 Å². The number of carbonyl (C=O) groups excluding carboxylic acids is 2. The van der Waals surface area contributed by atoms with Crippen molar-refractivity contribution < 1.29 is 24.2 Å². The van der Waals surface area contributed by atoms with Crippen molar-refractivity contribution in [3.8, 4) is 0 Å².